The second-order valence-electron chi connectivity index (χ2n) is 13.2. The van der Waals surface area contributed by atoms with Crippen LogP contribution in [-0.4, -0.2) is 70.2 Å². The van der Waals surface area contributed by atoms with E-state index in [2.05, 4.69) is 44.0 Å². The highest BCUT2D eigenvalue weighted by atomic mass is 16.5. The van der Waals surface area contributed by atoms with Gasteiger partial charge in [0.05, 0.1) is 12.2 Å². The number of carbonyl (C=O) groups is 3. The van der Waals surface area contributed by atoms with Crippen LogP contribution in [0.25, 0.3) is 22.5 Å². The summed E-state index contributed by atoms with van der Waals surface area (Å²) in [6.07, 6.45) is 4.56. The fourth-order valence-electron chi connectivity index (χ4n) is 6.14. The summed E-state index contributed by atoms with van der Waals surface area (Å²) in [4.78, 5) is 45.7. The van der Waals surface area contributed by atoms with Crippen LogP contribution in [0.3, 0.4) is 0 Å². The molecule has 1 fully saturated rings. The number of ether oxygens (including phenoxy) is 1. The minimum Gasteiger partial charge on any atom is -0.462 e. The second-order valence-corrected chi connectivity index (χ2v) is 13.2. The maximum absolute atomic E-state index is 13.0. The maximum Gasteiger partial charge on any atom is 0.339 e. The van der Waals surface area contributed by atoms with E-state index in [9.17, 15) is 14.4 Å². The smallest absolute Gasteiger partial charge is 0.339 e. The number of unbranched alkanes of at least 4 members (excludes halogenated alkanes) is 1. The molecule has 292 valence electrons. The van der Waals surface area contributed by atoms with Crippen LogP contribution in [0.4, 0.5) is 11.7 Å². The Bertz CT molecular complexity index is 1940. The Labute approximate surface area is 325 Å². The van der Waals surface area contributed by atoms with E-state index in [1.807, 2.05) is 100 Å². The first-order valence-electron chi connectivity index (χ1n) is 19.4. The molecule has 4 heterocycles. The number of pyridine rings is 1. The highest BCUT2D eigenvalue weighted by Crippen LogP contribution is 2.28. The van der Waals surface area contributed by atoms with E-state index >= 15 is 0 Å². The van der Waals surface area contributed by atoms with Gasteiger partial charge in [-0.2, -0.15) is 0 Å². The molecule has 0 radical (unpaired) electrons. The van der Waals surface area contributed by atoms with Gasteiger partial charge in [0, 0.05) is 74.8 Å². The molecule has 0 atom stereocenters. The normalized spacial score (nSPS) is 12.2. The number of rotatable bonds is 12. The Hall–Kier alpha value is -5.71. The Morgan fingerprint density at radius 2 is 1.47 bits per heavy atom. The minimum atomic E-state index is -0.330. The molecule has 0 unspecified atom stereocenters. The molecule has 0 bridgehead atoms. The van der Waals surface area contributed by atoms with E-state index in [0.717, 1.165) is 60.0 Å². The number of aryl methyl sites for hydroxylation is 2. The zero-order valence-electron chi connectivity index (χ0n) is 33.4. The van der Waals surface area contributed by atoms with Crippen molar-refractivity contribution in [3.63, 3.8) is 0 Å². The number of hydrogen-bond acceptors (Lipinski definition) is 8. The van der Waals surface area contributed by atoms with Gasteiger partial charge in [-0.15, -0.1) is 0 Å². The molecule has 0 aliphatic carbocycles. The van der Waals surface area contributed by atoms with E-state index in [1.54, 1.807) is 19.2 Å². The molecule has 2 amide bonds. The maximum atomic E-state index is 13.0. The van der Waals surface area contributed by atoms with Crippen molar-refractivity contribution in [2.24, 2.45) is 0 Å². The lowest BCUT2D eigenvalue weighted by Crippen LogP contribution is -2.49. The largest absolute Gasteiger partial charge is 0.462 e. The first kappa shape index (κ1) is 42.0. The molecule has 11 heteroatoms. The summed E-state index contributed by atoms with van der Waals surface area (Å²) in [6, 6.07) is 25.7. The van der Waals surface area contributed by atoms with Gasteiger partial charge in [-0.1, -0.05) is 98.1 Å². The summed E-state index contributed by atoms with van der Waals surface area (Å²) in [5.74, 6) is 1.11. The van der Waals surface area contributed by atoms with Crippen LogP contribution in [0, 0.1) is 20.8 Å². The van der Waals surface area contributed by atoms with Crippen molar-refractivity contribution in [3.8, 4) is 22.5 Å². The van der Waals surface area contributed by atoms with Gasteiger partial charge in [0.15, 0.2) is 0 Å². The molecular formula is C44H56N6O5. The van der Waals surface area contributed by atoms with Crippen molar-refractivity contribution in [1.82, 2.24) is 19.6 Å². The van der Waals surface area contributed by atoms with Crippen LogP contribution in [-0.2, 0) is 20.9 Å². The zero-order chi connectivity index (χ0) is 39.7. The molecule has 55 heavy (non-hydrogen) atoms. The van der Waals surface area contributed by atoms with Crippen LogP contribution < -0.4 is 10.2 Å². The Morgan fingerprint density at radius 3 is 2.07 bits per heavy atom. The first-order chi connectivity index (χ1) is 26.7. The van der Waals surface area contributed by atoms with E-state index < -0.39 is 0 Å². The summed E-state index contributed by atoms with van der Waals surface area (Å²) in [5.41, 5.74) is 7.38. The standard InChI is InChI=1S/C27H32N4O3.C15H18N2O2.C2H6/c1-4-34-27(33)23-19-24(22-10-8-20(2)9-11-22)31(21(23)3)14-12-26(32)30-17-15-29(16-18-30)25-7-5-6-13-28-25;1-3-4-5-14(18)16-15-10-13(17-19-15)12-8-6-11(2)7-9-12;1-2/h5-11,13,19H,4,12,14-18H2,1-3H3;6-10H,3-5H2,1-2H3,(H,16,18);1-2H3. The number of carbonyl (C=O) groups excluding carboxylic acids is 3. The van der Waals surface area contributed by atoms with E-state index in [1.165, 1.54) is 11.1 Å². The lowest BCUT2D eigenvalue weighted by Gasteiger charge is -2.35. The van der Waals surface area contributed by atoms with Gasteiger partial charge >= 0.3 is 5.97 Å². The first-order valence-corrected chi connectivity index (χ1v) is 19.4. The molecule has 1 aliphatic heterocycles. The van der Waals surface area contributed by atoms with Crippen LogP contribution in [0.5, 0.6) is 0 Å². The van der Waals surface area contributed by atoms with Crippen molar-refractivity contribution in [1.29, 1.82) is 0 Å². The van der Waals surface area contributed by atoms with Crippen molar-refractivity contribution >= 4 is 29.5 Å². The number of anilines is 2. The summed E-state index contributed by atoms with van der Waals surface area (Å²) < 4.78 is 12.4. The van der Waals surface area contributed by atoms with Crippen LogP contribution >= 0.6 is 0 Å². The summed E-state index contributed by atoms with van der Waals surface area (Å²) in [7, 11) is 0. The van der Waals surface area contributed by atoms with E-state index in [-0.39, 0.29) is 17.8 Å². The van der Waals surface area contributed by atoms with Gasteiger partial charge in [-0.25, -0.2) is 9.78 Å². The SMILES string of the molecule is CC.CCCCC(=O)Nc1cc(-c2ccc(C)cc2)no1.CCOC(=O)c1cc(-c2ccc(C)cc2)n(CCC(=O)N2CCN(c3ccccn3)CC2)c1C. The van der Waals surface area contributed by atoms with Gasteiger partial charge in [0.2, 0.25) is 17.7 Å². The number of hydrogen-bond donors (Lipinski definition) is 1. The highest BCUT2D eigenvalue weighted by Gasteiger charge is 2.24. The predicted octanol–water partition coefficient (Wildman–Crippen LogP) is 8.89. The monoisotopic (exact) mass is 748 g/mol. The second kappa shape index (κ2) is 21.2. The van der Waals surface area contributed by atoms with Crippen molar-refractivity contribution in [2.75, 3.05) is 43.0 Å². The fourth-order valence-corrected chi connectivity index (χ4v) is 6.14. The molecule has 6 rings (SSSR count). The van der Waals surface area contributed by atoms with Crippen LogP contribution in [0.2, 0.25) is 0 Å². The van der Waals surface area contributed by atoms with Gasteiger partial charge in [0.25, 0.3) is 0 Å². The highest BCUT2D eigenvalue weighted by molar-refractivity contribution is 5.93. The third kappa shape index (κ3) is 11.9. The minimum absolute atomic E-state index is 0.0338. The molecule has 2 aromatic carbocycles. The predicted molar refractivity (Wildman–Crippen MR) is 219 cm³/mol. The Balaban J connectivity index is 0.000000271. The third-order valence-corrected chi connectivity index (χ3v) is 9.24. The van der Waals surface area contributed by atoms with Crippen molar-refractivity contribution in [3.05, 3.63) is 107 Å². The number of nitrogens with one attached hydrogen (secondary N) is 1. The zero-order valence-corrected chi connectivity index (χ0v) is 33.4. The molecule has 1 aliphatic rings. The van der Waals surface area contributed by atoms with Crippen LogP contribution in [0.1, 0.15) is 80.6 Å². The Morgan fingerprint density at radius 1 is 0.818 bits per heavy atom. The van der Waals surface area contributed by atoms with E-state index in [4.69, 9.17) is 9.26 Å². The molecule has 1 N–H and O–H groups in total. The number of amides is 2. The van der Waals surface area contributed by atoms with Crippen molar-refractivity contribution in [2.45, 2.75) is 80.7 Å². The van der Waals surface area contributed by atoms with Gasteiger partial charge in [0.1, 0.15) is 11.5 Å². The molecule has 1 saturated heterocycles. The number of aromatic nitrogens is 3. The average molecular weight is 749 g/mol. The molecule has 3 aromatic heterocycles. The average Bonchev–Trinajstić information content (AvgIpc) is 3.82. The quantitative estimate of drug-likeness (QED) is 0.126. The van der Waals surface area contributed by atoms with Gasteiger partial charge in [-0.05, 0) is 57.9 Å². The molecule has 11 nitrogen and oxygen atoms in total. The summed E-state index contributed by atoms with van der Waals surface area (Å²) >= 11 is 0. The summed E-state index contributed by atoms with van der Waals surface area (Å²) in [5, 5.41) is 6.67. The number of nitrogens with zero attached hydrogens (tertiary/aromatic N) is 5. The number of benzene rings is 2. The van der Waals surface area contributed by atoms with Crippen LogP contribution in [0.15, 0.2) is 89.6 Å². The number of esters is 1. The Kier molecular flexibility index (Phi) is 16.2. The summed E-state index contributed by atoms with van der Waals surface area (Å²) in [6.45, 7) is 17.6. The molecule has 0 saturated carbocycles. The third-order valence-electron chi connectivity index (χ3n) is 9.24. The molecule has 0 spiro atoms. The lowest BCUT2D eigenvalue weighted by molar-refractivity contribution is -0.131. The van der Waals surface area contributed by atoms with Gasteiger partial charge < -0.3 is 23.6 Å². The van der Waals surface area contributed by atoms with E-state index in [0.29, 0.717) is 50.5 Å². The molecule has 5 aromatic rings. The lowest BCUT2D eigenvalue weighted by atomic mass is 10.1. The van der Waals surface area contributed by atoms with Gasteiger partial charge in [-0.3, -0.25) is 14.9 Å². The fraction of sp³-hybridized carbons (Fsp3) is 0.386. The molecular weight excluding hydrogens is 693 g/mol. The number of piperazine rings is 1. The topological polar surface area (TPSA) is 123 Å². The van der Waals surface area contributed by atoms with Crippen molar-refractivity contribution < 1.29 is 23.6 Å².